The monoisotopic (exact) mass is 376 g/mol. The number of imidazole rings is 1. The molecule has 4 amide bonds. The van der Waals surface area contributed by atoms with Gasteiger partial charge in [-0.05, 0) is 19.3 Å². The van der Waals surface area contributed by atoms with Crippen LogP contribution in [-0.2, 0) is 32.6 Å². The SMILES string of the molecule is Cn1cnc(CC(N)C(=O)N2CCCC2C(=O)NC(=O)C2CCC(=O)N2)c1. The van der Waals surface area contributed by atoms with E-state index in [1.165, 1.54) is 4.90 Å². The molecule has 3 rings (SSSR count). The highest BCUT2D eigenvalue weighted by molar-refractivity contribution is 6.03. The largest absolute Gasteiger partial charge is 0.344 e. The zero-order valence-corrected chi connectivity index (χ0v) is 15.2. The number of likely N-dealkylation sites (tertiary alicyclic amines) is 1. The lowest BCUT2D eigenvalue weighted by Gasteiger charge is -2.26. The summed E-state index contributed by atoms with van der Waals surface area (Å²) in [6.07, 6.45) is 5.45. The molecule has 0 aromatic carbocycles. The van der Waals surface area contributed by atoms with Gasteiger partial charge >= 0.3 is 0 Å². The maximum Gasteiger partial charge on any atom is 0.249 e. The summed E-state index contributed by atoms with van der Waals surface area (Å²) in [5, 5.41) is 4.84. The molecule has 2 aliphatic heterocycles. The Kier molecular flexibility index (Phi) is 5.54. The van der Waals surface area contributed by atoms with Crippen molar-refractivity contribution >= 4 is 23.6 Å². The fraction of sp³-hybridized carbons (Fsp3) is 0.588. The van der Waals surface area contributed by atoms with E-state index < -0.39 is 29.9 Å². The standard InChI is InChI=1S/C17H24N6O4/c1-22-8-10(19-9-22)7-11(18)17(27)23-6-2-3-13(23)16(26)21-15(25)12-4-5-14(24)20-12/h8-9,11-13H,2-7,18H2,1H3,(H,20,24)(H,21,25,26). The Balaban J connectivity index is 1.58. The van der Waals surface area contributed by atoms with Crippen molar-refractivity contribution in [2.24, 2.45) is 12.8 Å². The minimum atomic E-state index is -0.807. The molecule has 10 nitrogen and oxygen atoms in total. The molecule has 0 saturated carbocycles. The number of hydrogen-bond acceptors (Lipinski definition) is 6. The molecule has 2 fully saturated rings. The van der Waals surface area contributed by atoms with Gasteiger partial charge in [0.15, 0.2) is 0 Å². The number of amides is 4. The molecule has 2 saturated heterocycles. The summed E-state index contributed by atoms with van der Waals surface area (Å²) in [6, 6.07) is -2.23. The number of imide groups is 1. The molecule has 4 N–H and O–H groups in total. The van der Waals surface area contributed by atoms with Crippen molar-refractivity contribution < 1.29 is 19.2 Å². The summed E-state index contributed by atoms with van der Waals surface area (Å²) in [6.45, 7) is 0.418. The number of rotatable bonds is 5. The van der Waals surface area contributed by atoms with Crippen LogP contribution in [0.1, 0.15) is 31.4 Å². The maximum absolute atomic E-state index is 12.7. The van der Waals surface area contributed by atoms with E-state index in [0.717, 1.165) is 0 Å². The number of aryl methyl sites for hydroxylation is 1. The van der Waals surface area contributed by atoms with Crippen molar-refractivity contribution in [1.29, 1.82) is 0 Å². The molecule has 27 heavy (non-hydrogen) atoms. The Morgan fingerprint density at radius 3 is 2.78 bits per heavy atom. The van der Waals surface area contributed by atoms with Crippen molar-refractivity contribution in [2.45, 2.75) is 50.2 Å². The normalized spacial score (nSPS) is 23.2. The van der Waals surface area contributed by atoms with Gasteiger partial charge in [-0.1, -0.05) is 0 Å². The third kappa shape index (κ3) is 4.33. The van der Waals surface area contributed by atoms with Gasteiger partial charge in [0.1, 0.15) is 12.1 Å². The lowest BCUT2D eigenvalue weighted by molar-refractivity contribution is -0.142. The molecule has 1 aromatic rings. The van der Waals surface area contributed by atoms with Crippen LogP contribution < -0.4 is 16.4 Å². The number of nitrogens with two attached hydrogens (primary N) is 1. The van der Waals surface area contributed by atoms with Gasteiger partial charge in [0.05, 0.1) is 18.1 Å². The fourth-order valence-corrected chi connectivity index (χ4v) is 3.50. The zero-order chi connectivity index (χ0) is 19.6. The summed E-state index contributed by atoms with van der Waals surface area (Å²) in [5.74, 6) is -1.61. The van der Waals surface area contributed by atoms with Crippen LogP contribution in [0.25, 0.3) is 0 Å². The van der Waals surface area contributed by atoms with Gasteiger partial charge < -0.3 is 20.5 Å². The third-order valence-electron chi connectivity index (χ3n) is 4.90. The minimum Gasteiger partial charge on any atom is -0.344 e. The molecule has 10 heteroatoms. The predicted molar refractivity (Wildman–Crippen MR) is 93.9 cm³/mol. The van der Waals surface area contributed by atoms with Crippen molar-refractivity contribution in [3.05, 3.63) is 18.2 Å². The molecule has 146 valence electrons. The lowest BCUT2D eigenvalue weighted by atomic mass is 10.1. The van der Waals surface area contributed by atoms with E-state index in [9.17, 15) is 19.2 Å². The zero-order valence-electron chi connectivity index (χ0n) is 15.2. The minimum absolute atomic E-state index is 0.208. The van der Waals surface area contributed by atoms with Crippen LogP contribution in [0.3, 0.4) is 0 Å². The number of nitrogens with one attached hydrogen (secondary N) is 2. The highest BCUT2D eigenvalue weighted by Crippen LogP contribution is 2.19. The quantitative estimate of drug-likeness (QED) is 0.518. The summed E-state index contributed by atoms with van der Waals surface area (Å²) >= 11 is 0. The Bertz CT molecular complexity index is 760. The topological polar surface area (TPSA) is 139 Å². The van der Waals surface area contributed by atoms with Gasteiger partial charge in [-0.25, -0.2) is 4.98 Å². The predicted octanol–water partition coefficient (Wildman–Crippen LogP) is -1.80. The van der Waals surface area contributed by atoms with Gasteiger partial charge in [-0.3, -0.25) is 24.5 Å². The highest BCUT2D eigenvalue weighted by atomic mass is 16.2. The summed E-state index contributed by atoms with van der Waals surface area (Å²) in [7, 11) is 1.83. The van der Waals surface area contributed by atoms with Gasteiger partial charge in [0, 0.05) is 32.6 Å². The number of hydrogen-bond donors (Lipinski definition) is 3. The molecule has 1 aromatic heterocycles. The summed E-state index contributed by atoms with van der Waals surface area (Å²) in [4.78, 5) is 54.1. The molecular weight excluding hydrogens is 352 g/mol. The Hall–Kier alpha value is -2.75. The van der Waals surface area contributed by atoms with Crippen LogP contribution >= 0.6 is 0 Å². The molecule has 2 aliphatic rings. The van der Waals surface area contributed by atoms with Crippen LogP contribution in [0.15, 0.2) is 12.5 Å². The van der Waals surface area contributed by atoms with E-state index in [-0.39, 0.29) is 24.7 Å². The van der Waals surface area contributed by atoms with Gasteiger partial charge in [0.2, 0.25) is 23.6 Å². The number of nitrogens with zero attached hydrogens (tertiary/aromatic N) is 3. The number of carbonyl (C=O) groups excluding carboxylic acids is 4. The van der Waals surface area contributed by atoms with Crippen LogP contribution in [0.5, 0.6) is 0 Å². The van der Waals surface area contributed by atoms with Gasteiger partial charge in [0.25, 0.3) is 0 Å². The van der Waals surface area contributed by atoms with Crippen molar-refractivity contribution in [3.63, 3.8) is 0 Å². The first-order valence-electron chi connectivity index (χ1n) is 9.02. The van der Waals surface area contributed by atoms with Gasteiger partial charge in [-0.2, -0.15) is 0 Å². The summed E-state index contributed by atoms with van der Waals surface area (Å²) < 4.78 is 1.77. The highest BCUT2D eigenvalue weighted by Gasteiger charge is 2.38. The van der Waals surface area contributed by atoms with E-state index in [2.05, 4.69) is 15.6 Å². The smallest absolute Gasteiger partial charge is 0.249 e. The van der Waals surface area contributed by atoms with E-state index in [1.807, 2.05) is 7.05 Å². The second kappa shape index (κ2) is 7.87. The first-order valence-corrected chi connectivity index (χ1v) is 9.02. The van der Waals surface area contributed by atoms with Crippen molar-refractivity contribution in [3.8, 4) is 0 Å². The molecule has 3 unspecified atom stereocenters. The number of carbonyl (C=O) groups is 4. The van der Waals surface area contributed by atoms with E-state index in [4.69, 9.17) is 5.73 Å². The molecular formula is C17H24N6O4. The Morgan fingerprint density at radius 2 is 2.15 bits per heavy atom. The van der Waals surface area contributed by atoms with Crippen molar-refractivity contribution in [2.75, 3.05) is 6.54 Å². The first kappa shape index (κ1) is 19.0. The van der Waals surface area contributed by atoms with E-state index in [0.29, 0.717) is 31.5 Å². The Labute approximate surface area is 156 Å². The average molecular weight is 376 g/mol. The molecule has 3 heterocycles. The van der Waals surface area contributed by atoms with Crippen molar-refractivity contribution in [1.82, 2.24) is 25.1 Å². The van der Waals surface area contributed by atoms with Crippen LogP contribution in [0.4, 0.5) is 0 Å². The van der Waals surface area contributed by atoms with Crippen LogP contribution in [-0.4, -0.2) is 62.7 Å². The lowest BCUT2D eigenvalue weighted by Crippen LogP contribution is -2.54. The fourth-order valence-electron chi connectivity index (χ4n) is 3.50. The molecule has 0 spiro atoms. The van der Waals surface area contributed by atoms with Gasteiger partial charge in [-0.15, -0.1) is 0 Å². The third-order valence-corrected chi connectivity index (χ3v) is 4.90. The first-order chi connectivity index (χ1) is 12.8. The number of aromatic nitrogens is 2. The average Bonchev–Trinajstić information content (AvgIpc) is 3.35. The molecule has 0 radical (unpaired) electrons. The van der Waals surface area contributed by atoms with Crippen LogP contribution in [0.2, 0.25) is 0 Å². The van der Waals surface area contributed by atoms with E-state index >= 15 is 0 Å². The molecule has 3 atom stereocenters. The molecule has 0 aliphatic carbocycles. The second-order valence-corrected chi connectivity index (χ2v) is 7.04. The second-order valence-electron chi connectivity index (χ2n) is 7.04. The Morgan fingerprint density at radius 1 is 1.37 bits per heavy atom. The maximum atomic E-state index is 12.7. The van der Waals surface area contributed by atoms with E-state index in [1.54, 1.807) is 17.1 Å². The summed E-state index contributed by atoms with van der Waals surface area (Å²) in [5.41, 5.74) is 6.73. The molecule has 0 bridgehead atoms. The van der Waals surface area contributed by atoms with Crippen LogP contribution in [0, 0.1) is 0 Å².